The molecular formula is C16H20BrN3O3S. The summed E-state index contributed by atoms with van der Waals surface area (Å²) in [6.45, 7) is 1.84. The lowest BCUT2D eigenvalue weighted by Crippen LogP contribution is -2.46. The molecule has 0 aliphatic carbocycles. The van der Waals surface area contributed by atoms with E-state index < -0.39 is 6.04 Å². The molecule has 0 bridgehead atoms. The van der Waals surface area contributed by atoms with Crippen LogP contribution in [0.5, 0.6) is 11.5 Å². The number of nitrogens with one attached hydrogen (secondary N) is 2. The number of allylic oxidation sites excluding steroid dienone is 1. The Morgan fingerprint density at radius 1 is 1.25 bits per heavy atom. The number of thiocarbonyl (C=S) groups is 1. The Labute approximate surface area is 155 Å². The molecule has 0 saturated carbocycles. The van der Waals surface area contributed by atoms with E-state index >= 15 is 0 Å². The molecule has 1 unspecified atom stereocenters. The van der Waals surface area contributed by atoms with Crippen LogP contribution < -0.4 is 20.1 Å². The van der Waals surface area contributed by atoms with Gasteiger partial charge in [0.2, 0.25) is 0 Å². The zero-order valence-corrected chi connectivity index (χ0v) is 16.6. The summed E-state index contributed by atoms with van der Waals surface area (Å²) in [4.78, 5) is 14.2. The van der Waals surface area contributed by atoms with Crippen molar-refractivity contribution in [1.29, 1.82) is 0 Å². The van der Waals surface area contributed by atoms with Gasteiger partial charge in [-0.3, -0.25) is 4.79 Å². The van der Waals surface area contributed by atoms with Gasteiger partial charge in [0.05, 0.1) is 30.3 Å². The van der Waals surface area contributed by atoms with Crippen LogP contribution in [0.1, 0.15) is 18.5 Å². The Bertz CT molecular complexity index is 719. The smallest absolute Gasteiger partial charge is 0.253 e. The van der Waals surface area contributed by atoms with Gasteiger partial charge in [0.15, 0.2) is 5.11 Å². The van der Waals surface area contributed by atoms with E-state index in [4.69, 9.17) is 21.7 Å². The predicted molar refractivity (Wildman–Crippen MR) is 100 cm³/mol. The molecule has 6 nitrogen and oxygen atoms in total. The number of likely N-dealkylation sites (N-methyl/N-ethyl adjacent to an activating group) is 1. The van der Waals surface area contributed by atoms with E-state index in [2.05, 4.69) is 26.6 Å². The molecule has 1 aliphatic heterocycles. The van der Waals surface area contributed by atoms with Gasteiger partial charge >= 0.3 is 0 Å². The van der Waals surface area contributed by atoms with Crippen molar-refractivity contribution in [2.45, 2.75) is 13.0 Å². The lowest BCUT2D eigenvalue weighted by molar-refractivity contribution is -0.125. The van der Waals surface area contributed by atoms with Crippen molar-refractivity contribution in [1.82, 2.24) is 15.5 Å². The van der Waals surface area contributed by atoms with Crippen molar-refractivity contribution in [3.05, 3.63) is 33.4 Å². The SMILES string of the molecule is COc1cc(OC)c(C2NC(=S)NC(C)=C2C(=O)N(C)C)cc1Br. The average Bonchev–Trinajstić information content (AvgIpc) is 2.53. The van der Waals surface area contributed by atoms with Crippen LogP contribution in [0.25, 0.3) is 0 Å². The monoisotopic (exact) mass is 413 g/mol. The molecule has 2 rings (SSSR count). The topological polar surface area (TPSA) is 62.8 Å². The number of benzene rings is 1. The van der Waals surface area contributed by atoms with Crippen LogP contribution >= 0.6 is 28.1 Å². The molecule has 1 aliphatic rings. The number of carbonyl (C=O) groups excluding carboxylic acids is 1. The first-order valence-corrected chi connectivity index (χ1v) is 8.41. The molecule has 1 amide bonds. The number of halogens is 1. The van der Waals surface area contributed by atoms with E-state index in [-0.39, 0.29) is 5.91 Å². The highest BCUT2D eigenvalue weighted by Gasteiger charge is 2.33. The minimum atomic E-state index is -0.425. The fourth-order valence-corrected chi connectivity index (χ4v) is 3.35. The molecule has 1 atom stereocenters. The first-order valence-electron chi connectivity index (χ1n) is 7.21. The Balaban J connectivity index is 2.63. The Hall–Kier alpha value is -1.80. The second kappa shape index (κ2) is 7.40. The summed E-state index contributed by atoms with van der Waals surface area (Å²) in [5.74, 6) is 1.15. The molecule has 1 heterocycles. The van der Waals surface area contributed by atoms with Gasteiger partial charge in [0, 0.05) is 31.4 Å². The highest BCUT2D eigenvalue weighted by atomic mass is 79.9. The van der Waals surface area contributed by atoms with Gasteiger partial charge < -0.3 is 25.0 Å². The lowest BCUT2D eigenvalue weighted by Gasteiger charge is -2.32. The second-order valence-corrected chi connectivity index (χ2v) is 6.76. The van der Waals surface area contributed by atoms with Crippen molar-refractivity contribution in [2.75, 3.05) is 28.3 Å². The summed E-state index contributed by atoms with van der Waals surface area (Å²) in [5.41, 5.74) is 2.10. The van der Waals surface area contributed by atoms with Gasteiger partial charge in [-0.2, -0.15) is 0 Å². The molecule has 24 heavy (non-hydrogen) atoms. The maximum atomic E-state index is 12.7. The number of nitrogens with zero attached hydrogens (tertiary/aromatic N) is 1. The highest BCUT2D eigenvalue weighted by molar-refractivity contribution is 9.10. The van der Waals surface area contributed by atoms with E-state index in [9.17, 15) is 4.79 Å². The van der Waals surface area contributed by atoms with Crippen molar-refractivity contribution in [3.63, 3.8) is 0 Å². The largest absolute Gasteiger partial charge is 0.496 e. The Morgan fingerprint density at radius 3 is 2.42 bits per heavy atom. The molecule has 0 radical (unpaired) electrons. The fraction of sp³-hybridized carbons (Fsp3) is 0.375. The minimum absolute atomic E-state index is 0.103. The number of ether oxygens (including phenoxy) is 2. The number of hydrogen-bond acceptors (Lipinski definition) is 4. The Kier molecular flexibility index (Phi) is 5.71. The number of amides is 1. The summed E-state index contributed by atoms with van der Waals surface area (Å²) in [5, 5.41) is 6.64. The van der Waals surface area contributed by atoms with Crippen LogP contribution in [0.2, 0.25) is 0 Å². The van der Waals surface area contributed by atoms with Gasteiger partial charge in [-0.05, 0) is 41.1 Å². The average molecular weight is 414 g/mol. The zero-order chi connectivity index (χ0) is 18.0. The molecule has 130 valence electrons. The van der Waals surface area contributed by atoms with Gasteiger partial charge in [0.25, 0.3) is 5.91 Å². The van der Waals surface area contributed by atoms with E-state index in [1.54, 1.807) is 34.4 Å². The highest BCUT2D eigenvalue weighted by Crippen LogP contribution is 2.39. The summed E-state index contributed by atoms with van der Waals surface area (Å²) in [7, 11) is 6.60. The maximum Gasteiger partial charge on any atom is 0.253 e. The third-order valence-corrected chi connectivity index (χ3v) is 4.56. The molecule has 0 saturated heterocycles. The van der Waals surface area contributed by atoms with Crippen LogP contribution in [0.3, 0.4) is 0 Å². The lowest BCUT2D eigenvalue weighted by atomic mass is 9.94. The first kappa shape index (κ1) is 18.5. The normalized spacial score (nSPS) is 17.1. The molecule has 0 aromatic heterocycles. The zero-order valence-electron chi connectivity index (χ0n) is 14.2. The predicted octanol–water partition coefficient (Wildman–Crippen LogP) is 2.35. The molecular weight excluding hydrogens is 394 g/mol. The standard InChI is InChI=1S/C16H20BrN3O3S/c1-8-13(15(21)20(2)3)14(19-16(24)18-8)9-6-10(17)12(23-5)7-11(9)22-4/h6-7,14H,1-5H3,(H2,18,19,24). The molecule has 0 fully saturated rings. The van der Waals surface area contributed by atoms with E-state index in [0.29, 0.717) is 22.2 Å². The summed E-state index contributed by atoms with van der Waals surface area (Å²) in [6, 6.07) is 3.23. The number of hydrogen-bond donors (Lipinski definition) is 2. The van der Waals surface area contributed by atoms with Crippen LogP contribution in [0.4, 0.5) is 0 Å². The third kappa shape index (κ3) is 3.49. The van der Waals surface area contributed by atoms with Gasteiger partial charge in [-0.1, -0.05) is 0 Å². The fourth-order valence-electron chi connectivity index (χ4n) is 2.56. The van der Waals surface area contributed by atoms with Crippen LogP contribution in [-0.4, -0.2) is 44.2 Å². The van der Waals surface area contributed by atoms with Crippen LogP contribution in [0.15, 0.2) is 27.9 Å². The van der Waals surface area contributed by atoms with E-state index in [1.165, 1.54) is 4.90 Å². The van der Waals surface area contributed by atoms with Gasteiger partial charge in [-0.15, -0.1) is 0 Å². The van der Waals surface area contributed by atoms with E-state index in [0.717, 1.165) is 15.7 Å². The van der Waals surface area contributed by atoms with Gasteiger partial charge in [-0.25, -0.2) is 0 Å². The molecule has 8 heteroatoms. The summed E-state index contributed by atoms with van der Waals surface area (Å²) >= 11 is 8.75. The third-order valence-electron chi connectivity index (χ3n) is 3.72. The van der Waals surface area contributed by atoms with Crippen molar-refractivity contribution in [2.24, 2.45) is 0 Å². The molecule has 1 aromatic rings. The quantitative estimate of drug-likeness (QED) is 0.738. The maximum absolute atomic E-state index is 12.7. The summed E-state index contributed by atoms with van der Waals surface area (Å²) in [6.07, 6.45) is 0. The first-order chi connectivity index (χ1) is 11.3. The van der Waals surface area contributed by atoms with Crippen molar-refractivity contribution in [3.8, 4) is 11.5 Å². The van der Waals surface area contributed by atoms with Crippen LogP contribution in [-0.2, 0) is 4.79 Å². The second-order valence-electron chi connectivity index (χ2n) is 5.50. The number of methoxy groups -OCH3 is 2. The van der Waals surface area contributed by atoms with Crippen LogP contribution in [0, 0.1) is 0 Å². The molecule has 2 N–H and O–H groups in total. The summed E-state index contributed by atoms with van der Waals surface area (Å²) < 4.78 is 11.6. The molecule has 1 aromatic carbocycles. The van der Waals surface area contributed by atoms with Crippen molar-refractivity contribution >= 4 is 39.2 Å². The van der Waals surface area contributed by atoms with E-state index in [1.807, 2.05) is 13.0 Å². The van der Waals surface area contributed by atoms with Gasteiger partial charge in [0.1, 0.15) is 11.5 Å². The Morgan fingerprint density at radius 2 is 1.88 bits per heavy atom. The van der Waals surface area contributed by atoms with Crippen molar-refractivity contribution < 1.29 is 14.3 Å². The minimum Gasteiger partial charge on any atom is -0.496 e. The molecule has 0 spiro atoms. The number of carbonyl (C=O) groups is 1. The number of rotatable bonds is 4.